The number of hydrogen-bond donors (Lipinski definition) is 1. The number of carbonyl (C=O) groups is 2. The third kappa shape index (κ3) is 1.73. The molecule has 0 bridgehead atoms. The van der Waals surface area contributed by atoms with Gasteiger partial charge in [0, 0.05) is 22.3 Å². The molecule has 24 heavy (non-hydrogen) atoms. The highest BCUT2D eigenvalue weighted by atomic mass is 16.5. The van der Waals surface area contributed by atoms with Crippen molar-refractivity contribution in [1.82, 2.24) is 0 Å². The minimum absolute atomic E-state index is 0.00922. The first-order valence-corrected chi connectivity index (χ1v) is 8.80. The Morgan fingerprint density at radius 2 is 2.00 bits per heavy atom. The van der Waals surface area contributed by atoms with Crippen LogP contribution in [0.15, 0.2) is 23.8 Å². The number of rotatable bonds is 2. The molecule has 4 nitrogen and oxygen atoms in total. The van der Waals surface area contributed by atoms with Crippen LogP contribution < -0.4 is 0 Å². The predicted molar refractivity (Wildman–Crippen MR) is 91.1 cm³/mol. The number of esters is 1. The molecule has 3 rings (SSSR count). The molecule has 0 amide bonds. The van der Waals surface area contributed by atoms with Crippen LogP contribution >= 0.6 is 0 Å². The highest BCUT2D eigenvalue weighted by Gasteiger charge is 2.79. The quantitative estimate of drug-likeness (QED) is 0.623. The largest absolute Gasteiger partial charge is 0.457 e. The molecule has 0 aromatic rings. The van der Waals surface area contributed by atoms with E-state index >= 15 is 0 Å². The number of hydrogen-bond acceptors (Lipinski definition) is 4. The van der Waals surface area contributed by atoms with Gasteiger partial charge in [-0.05, 0) is 39.2 Å². The van der Waals surface area contributed by atoms with E-state index in [9.17, 15) is 14.7 Å². The summed E-state index contributed by atoms with van der Waals surface area (Å²) >= 11 is 0. The second-order valence-corrected chi connectivity index (χ2v) is 8.59. The Morgan fingerprint density at radius 1 is 1.38 bits per heavy atom. The zero-order valence-electron chi connectivity index (χ0n) is 15.4. The minimum Gasteiger partial charge on any atom is -0.457 e. The Morgan fingerprint density at radius 3 is 2.58 bits per heavy atom. The lowest BCUT2D eigenvalue weighted by Gasteiger charge is -2.41. The van der Waals surface area contributed by atoms with Crippen molar-refractivity contribution in [3.63, 3.8) is 0 Å². The fourth-order valence-electron chi connectivity index (χ4n) is 6.16. The SMILES string of the molecule is CC=C(C)C(=O)OC1C(C)(C)C2C(O)CC(C)C23C=CC(=O)C13C. The molecular weight excluding hydrogens is 304 g/mol. The Labute approximate surface area is 144 Å². The van der Waals surface area contributed by atoms with Crippen molar-refractivity contribution in [1.29, 1.82) is 0 Å². The maximum atomic E-state index is 12.9. The van der Waals surface area contributed by atoms with Gasteiger partial charge in [-0.1, -0.05) is 32.9 Å². The molecule has 1 spiro atoms. The first kappa shape index (κ1) is 17.4. The van der Waals surface area contributed by atoms with Crippen LogP contribution in [-0.2, 0) is 14.3 Å². The molecule has 0 aliphatic heterocycles. The average Bonchev–Trinajstić information content (AvgIpc) is 2.98. The van der Waals surface area contributed by atoms with E-state index in [-0.39, 0.29) is 23.6 Å². The second kappa shape index (κ2) is 5.04. The van der Waals surface area contributed by atoms with Crippen LogP contribution in [0.5, 0.6) is 0 Å². The number of carbonyl (C=O) groups excluding carboxylic acids is 2. The summed E-state index contributed by atoms with van der Waals surface area (Å²) in [6.45, 7) is 11.6. The van der Waals surface area contributed by atoms with E-state index in [2.05, 4.69) is 6.92 Å². The summed E-state index contributed by atoms with van der Waals surface area (Å²) in [7, 11) is 0. The van der Waals surface area contributed by atoms with Crippen LogP contribution in [0, 0.1) is 28.1 Å². The Kier molecular flexibility index (Phi) is 3.66. The second-order valence-electron chi connectivity index (χ2n) is 8.59. The van der Waals surface area contributed by atoms with Crippen LogP contribution in [0.1, 0.15) is 48.0 Å². The summed E-state index contributed by atoms with van der Waals surface area (Å²) in [5, 5.41) is 10.8. The normalized spacial score (nSPS) is 46.1. The first-order valence-electron chi connectivity index (χ1n) is 8.80. The van der Waals surface area contributed by atoms with Crippen molar-refractivity contribution in [2.24, 2.45) is 28.1 Å². The van der Waals surface area contributed by atoms with Crippen molar-refractivity contribution in [2.75, 3.05) is 0 Å². The average molecular weight is 332 g/mol. The number of aliphatic hydroxyl groups excluding tert-OH is 1. The lowest BCUT2D eigenvalue weighted by atomic mass is 9.61. The van der Waals surface area contributed by atoms with Crippen LogP contribution in [-0.4, -0.2) is 29.1 Å². The van der Waals surface area contributed by atoms with Crippen LogP contribution in [0.4, 0.5) is 0 Å². The smallest absolute Gasteiger partial charge is 0.333 e. The van der Waals surface area contributed by atoms with Crippen LogP contribution in [0.25, 0.3) is 0 Å². The van der Waals surface area contributed by atoms with E-state index in [4.69, 9.17) is 4.74 Å². The molecule has 6 unspecified atom stereocenters. The van der Waals surface area contributed by atoms with E-state index in [1.165, 1.54) is 0 Å². The molecule has 2 fully saturated rings. The number of ketones is 1. The highest BCUT2D eigenvalue weighted by Crippen LogP contribution is 2.75. The Balaban J connectivity index is 2.14. The fourth-order valence-corrected chi connectivity index (χ4v) is 6.16. The van der Waals surface area contributed by atoms with Gasteiger partial charge in [0.25, 0.3) is 0 Å². The third-order valence-electron chi connectivity index (χ3n) is 7.21. The van der Waals surface area contributed by atoms with Gasteiger partial charge in [-0.15, -0.1) is 0 Å². The van der Waals surface area contributed by atoms with E-state index in [1.54, 1.807) is 26.0 Å². The van der Waals surface area contributed by atoms with Gasteiger partial charge in [0.1, 0.15) is 6.10 Å². The molecule has 0 heterocycles. The Hall–Kier alpha value is -1.42. The highest BCUT2D eigenvalue weighted by molar-refractivity contribution is 6.00. The molecule has 0 aromatic carbocycles. The van der Waals surface area contributed by atoms with Gasteiger partial charge in [0.05, 0.1) is 11.5 Å². The maximum absolute atomic E-state index is 12.9. The van der Waals surface area contributed by atoms with Gasteiger partial charge in [-0.2, -0.15) is 0 Å². The van der Waals surface area contributed by atoms with Crippen LogP contribution in [0.2, 0.25) is 0 Å². The monoisotopic (exact) mass is 332 g/mol. The molecule has 0 radical (unpaired) electrons. The van der Waals surface area contributed by atoms with E-state index < -0.39 is 28.5 Å². The lowest BCUT2D eigenvalue weighted by Crippen LogP contribution is -2.49. The number of ether oxygens (including phenoxy) is 1. The summed E-state index contributed by atoms with van der Waals surface area (Å²) in [6, 6.07) is 0. The molecule has 1 N–H and O–H groups in total. The van der Waals surface area contributed by atoms with Crippen molar-refractivity contribution in [3.8, 4) is 0 Å². The van der Waals surface area contributed by atoms with E-state index in [0.29, 0.717) is 12.0 Å². The zero-order valence-corrected chi connectivity index (χ0v) is 15.4. The van der Waals surface area contributed by atoms with E-state index in [1.807, 2.05) is 26.8 Å². The standard InChI is InChI=1S/C20H28O4/c1-7-11(2)16(23)24-17-18(4,5)15-13(21)10-12(3)20(15)9-8-14(22)19(17,20)6/h7-9,12-13,15,17,21H,10H2,1-6H3. The van der Waals surface area contributed by atoms with Gasteiger partial charge in [0.15, 0.2) is 5.78 Å². The lowest BCUT2D eigenvalue weighted by molar-refractivity contribution is -0.162. The van der Waals surface area contributed by atoms with Crippen LogP contribution in [0.3, 0.4) is 0 Å². The molecular formula is C20H28O4. The predicted octanol–water partition coefficient (Wildman–Crippen LogP) is 3.05. The van der Waals surface area contributed by atoms with Crippen molar-refractivity contribution in [3.05, 3.63) is 23.8 Å². The van der Waals surface area contributed by atoms with Gasteiger partial charge in [0.2, 0.25) is 0 Å². The summed E-state index contributed by atoms with van der Waals surface area (Å²) in [5.74, 6) is -0.309. The van der Waals surface area contributed by atoms with Crippen molar-refractivity contribution < 1.29 is 19.4 Å². The molecule has 3 aliphatic carbocycles. The first-order chi connectivity index (χ1) is 11.0. The summed E-state index contributed by atoms with van der Waals surface area (Å²) in [5.41, 5.74) is -1.21. The summed E-state index contributed by atoms with van der Waals surface area (Å²) in [4.78, 5) is 25.4. The number of allylic oxidation sites excluding steroid dienone is 3. The molecule has 0 aromatic heterocycles. The van der Waals surface area contributed by atoms with Gasteiger partial charge >= 0.3 is 5.97 Å². The van der Waals surface area contributed by atoms with Crippen molar-refractivity contribution in [2.45, 2.75) is 60.2 Å². The molecule has 3 aliphatic rings. The molecule has 0 saturated heterocycles. The third-order valence-corrected chi connectivity index (χ3v) is 7.21. The topological polar surface area (TPSA) is 63.6 Å². The summed E-state index contributed by atoms with van der Waals surface area (Å²) < 4.78 is 5.92. The Bertz CT molecular complexity index is 659. The fraction of sp³-hybridized carbons (Fsp3) is 0.700. The summed E-state index contributed by atoms with van der Waals surface area (Å²) in [6.07, 6.45) is 4.98. The molecule has 4 heteroatoms. The van der Waals surface area contributed by atoms with Gasteiger partial charge in [-0.25, -0.2) is 4.79 Å². The zero-order chi connectivity index (χ0) is 18.1. The molecule has 6 atom stereocenters. The van der Waals surface area contributed by atoms with Crippen molar-refractivity contribution >= 4 is 11.8 Å². The minimum atomic E-state index is -0.818. The van der Waals surface area contributed by atoms with E-state index in [0.717, 1.165) is 0 Å². The van der Waals surface area contributed by atoms with Gasteiger partial charge < -0.3 is 9.84 Å². The maximum Gasteiger partial charge on any atom is 0.333 e. The van der Waals surface area contributed by atoms with Gasteiger partial charge in [-0.3, -0.25) is 4.79 Å². The molecule has 132 valence electrons. The molecule has 2 saturated carbocycles. The number of aliphatic hydroxyl groups is 1.